The standard InChI is InChI=1S/C14H17NO4S2/c1-10-14(7-12(9-16)20-10)21(17,18)15-8-11-5-3-4-6-13(11)19-2/h3-7,15-16H,8-9H2,1-2H3. The third-order valence-corrected chi connectivity index (χ3v) is 5.71. The Balaban J connectivity index is 2.20. The van der Waals surface area contributed by atoms with Crippen LogP contribution in [0.3, 0.4) is 0 Å². The lowest BCUT2D eigenvalue weighted by Gasteiger charge is -2.10. The first kappa shape index (κ1) is 16.0. The second kappa shape index (κ2) is 6.57. The molecule has 0 fully saturated rings. The number of rotatable bonds is 6. The van der Waals surface area contributed by atoms with Crippen LogP contribution in [0.15, 0.2) is 35.2 Å². The summed E-state index contributed by atoms with van der Waals surface area (Å²) >= 11 is 1.28. The van der Waals surface area contributed by atoms with Crippen molar-refractivity contribution in [2.75, 3.05) is 7.11 Å². The van der Waals surface area contributed by atoms with Crippen molar-refractivity contribution in [1.82, 2.24) is 4.72 Å². The number of aliphatic hydroxyl groups excluding tert-OH is 1. The Kier molecular flexibility index (Phi) is 5.00. The molecule has 1 aromatic carbocycles. The molecule has 2 N–H and O–H groups in total. The summed E-state index contributed by atoms with van der Waals surface area (Å²) in [7, 11) is -2.06. The maximum atomic E-state index is 12.3. The molecule has 1 heterocycles. The number of hydrogen-bond donors (Lipinski definition) is 2. The van der Waals surface area contributed by atoms with Crippen molar-refractivity contribution in [1.29, 1.82) is 0 Å². The number of nitrogens with one attached hydrogen (secondary N) is 1. The van der Waals surface area contributed by atoms with Gasteiger partial charge >= 0.3 is 0 Å². The molecule has 0 aliphatic rings. The van der Waals surface area contributed by atoms with E-state index in [4.69, 9.17) is 9.84 Å². The van der Waals surface area contributed by atoms with Gasteiger partial charge in [-0.2, -0.15) is 0 Å². The molecule has 0 spiro atoms. The van der Waals surface area contributed by atoms with E-state index in [1.807, 2.05) is 12.1 Å². The third-order valence-electron chi connectivity index (χ3n) is 3.01. The number of hydrogen-bond acceptors (Lipinski definition) is 5. The van der Waals surface area contributed by atoms with Gasteiger partial charge in [-0.3, -0.25) is 0 Å². The number of aryl methyl sites for hydroxylation is 1. The molecule has 2 rings (SSSR count). The maximum absolute atomic E-state index is 12.3. The molecule has 0 atom stereocenters. The van der Waals surface area contributed by atoms with Crippen molar-refractivity contribution >= 4 is 21.4 Å². The molecule has 1 aromatic heterocycles. The molecule has 2 aromatic rings. The van der Waals surface area contributed by atoms with Gasteiger partial charge in [-0.05, 0) is 19.1 Å². The average molecular weight is 327 g/mol. The molecule has 0 amide bonds. The van der Waals surface area contributed by atoms with Crippen LogP contribution in [0, 0.1) is 6.92 Å². The average Bonchev–Trinajstić information content (AvgIpc) is 2.87. The molecular formula is C14H17NO4S2. The predicted molar refractivity (Wildman–Crippen MR) is 82.0 cm³/mol. The highest BCUT2D eigenvalue weighted by atomic mass is 32.2. The topological polar surface area (TPSA) is 75.6 Å². The smallest absolute Gasteiger partial charge is 0.241 e. The van der Waals surface area contributed by atoms with Gasteiger partial charge in [-0.15, -0.1) is 11.3 Å². The molecule has 114 valence electrons. The van der Waals surface area contributed by atoms with Crippen LogP contribution >= 0.6 is 11.3 Å². The van der Waals surface area contributed by atoms with Gasteiger partial charge in [0.15, 0.2) is 0 Å². The molecular weight excluding hydrogens is 310 g/mol. The van der Waals surface area contributed by atoms with Gasteiger partial charge in [0.05, 0.1) is 18.6 Å². The van der Waals surface area contributed by atoms with Crippen molar-refractivity contribution in [2.24, 2.45) is 0 Å². The van der Waals surface area contributed by atoms with E-state index < -0.39 is 10.0 Å². The van der Waals surface area contributed by atoms with Crippen LogP contribution in [-0.2, 0) is 23.2 Å². The van der Waals surface area contributed by atoms with Gasteiger partial charge in [0.1, 0.15) is 5.75 Å². The van der Waals surface area contributed by atoms with Gasteiger partial charge in [0.2, 0.25) is 10.0 Å². The summed E-state index contributed by atoms with van der Waals surface area (Å²) in [6.45, 7) is 1.71. The van der Waals surface area contributed by atoms with Gasteiger partial charge < -0.3 is 9.84 Å². The molecule has 0 radical (unpaired) electrons. The van der Waals surface area contributed by atoms with Crippen LogP contribution in [0.5, 0.6) is 5.75 Å². The lowest BCUT2D eigenvalue weighted by molar-refractivity contribution is 0.285. The second-order valence-corrected chi connectivity index (χ2v) is 7.50. The van der Waals surface area contributed by atoms with Crippen molar-refractivity contribution in [3.05, 3.63) is 45.6 Å². The van der Waals surface area contributed by atoms with Crippen LogP contribution in [0.1, 0.15) is 15.3 Å². The predicted octanol–water partition coefficient (Wildman–Crippen LogP) is 2.04. The van der Waals surface area contributed by atoms with Gasteiger partial charge in [-0.1, -0.05) is 18.2 Å². The number of benzene rings is 1. The van der Waals surface area contributed by atoms with Crippen LogP contribution in [0.2, 0.25) is 0 Å². The van der Waals surface area contributed by atoms with E-state index in [2.05, 4.69) is 4.72 Å². The summed E-state index contributed by atoms with van der Waals surface area (Å²) in [6, 6.07) is 8.74. The van der Waals surface area contributed by atoms with Crippen LogP contribution in [0.4, 0.5) is 0 Å². The summed E-state index contributed by atoms with van der Waals surface area (Å²) in [5, 5.41) is 9.10. The Hall–Kier alpha value is -1.41. The Labute approximate surface area is 128 Å². The molecule has 0 unspecified atom stereocenters. The molecule has 0 saturated carbocycles. The zero-order valence-electron chi connectivity index (χ0n) is 11.8. The molecule has 21 heavy (non-hydrogen) atoms. The maximum Gasteiger partial charge on any atom is 0.241 e. The Morgan fingerprint density at radius 1 is 1.33 bits per heavy atom. The Morgan fingerprint density at radius 2 is 2.05 bits per heavy atom. The van der Waals surface area contributed by atoms with E-state index in [0.29, 0.717) is 15.5 Å². The SMILES string of the molecule is COc1ccccc1CNS(=O)(=O)c1cc(CO)sc1C. The summed E-state index contributed by atoms with van der Waals surface area (Å²) in [6.07, 6.45) is 0. The molecule has 0 aliphatic carbocycles. The molecule has 0 saturated heterocycles. The minimum Gasteiger partial charge on any atom is -0.496 e. The number of para-hydroxylation sites is 1. The van der Waals surface area contributed by atoms with Crippen molar-refractivity contribution < 1.29 is 18.3 Å². The van der Waals surface area contributed by atoms with E-state index in [1.165, 1.54) is 17.4 Å². The van der Waals surface area contributed by atoms with E-state index in [0.717, 1.165) is 5.56 Å². The van der Waals surface area contributed by atoms with E-state index in [-0.39, 0.29) is 18.0 Å². The fourth-order valence-corrected chi connectivity index (χ4v) is 4.47. The molecule has 0 aliphatic heterocycles. The fraction of sp³-hybridized carbons (Fsp3) is 0.286. The molecule has 0 bridgehead atoms. The Morgan fingerprint density at radius 3 is 2.67 bits per heavy atom. The zero-order valence-corrected chi connectivity index (χ0v) is 13.4. The van der Waals surface area contributed by atoms with Crippen LogP contribution in [-0.4, -0.2) is 20.6 Å². The first-order valence-electron chi connectivity index (χ1n) is 6.29. The van der Waals surface area contributed by atoms with Crippen molar-refractivity contribution in [2.45, 2.75) is 25.0 Å². The zero-order chi connectivity index (χ0) is 15.5. The van der Waals surface area contributed by atoms with E-state index in [1.54, 1.807) is 26.2 Å². The van der Waals surface area contributed by atoms with E-state index in [9.17, 15) is 8.42 Å². The summed E-state index contributed by atoms with van der Waals surface area (Å²) in [5.41, 5.74) is 0.763. The first-order chi connectivity index (χ1) is 9.97. The largest absolute Gasteiger partial charge is 0.496 e. The monoisotopic (exact) mass is 327 g/mol. The number of methoxy groups -OCH3 is 1. The van der Waals surface area contributed by atoms with Crippen molar-refractivity contribution in [3.63, 3.8) is 0 Å². The van der Waals surface area contributed by atoms with Crippen molar-refractivity contribution in [3.8, 4) is 5.75 Å². The number of aliphatic hydroxyl groups is 1. The fourth-order valence-electron chi connectivity index (χ4n) is 1.97. The number of ether oxygens (including phenoxy) is 1. The van der Waals surface area contributed by atoms with Crippen LogP contribution < -0.4 is 9.46 Å². The van der Waals surface area contributed by atoms with Crippen LogP contribution in [0.25, 0.3) is 0 Å². The van der Waals surface area contributed by atoms with Gasteiger partial charge in [0.25, 0.3) is 0 Å². The molecule has 5 nitrogen and oxygen atoms in total. The summed E-state index contributed by atoms with van der Waals surface area (Å²) in [5.74, 6) is 0.637. The first-order valence-corrected chi connectivity index (χ1v) is 8.59. The minimum atomic E-state index is -3.61. The normalized spacial score (nSPS) is 11.6. The van der Waals surface area contributed by atoms with Gasteiger partial charge in [0, 0.05) is 21.9 Å². The summed E-state index contributed by atoms with van der Waals surface area (Å²) in [4.78, 5) is 1.50. The number of thiophene rings is 1. The quantitative estimate of drug-likeness (QED) is 0.851. The minimum absolute atomic E-state index is 0.149. The summed E-state index contributed by atoms with van der Waals surface area (Å²) < 4.78 is 32.4. The Bertz CT molecular complexity index is 722. The number of sulfonamides is 1. The van der Waals surface area contributed by atoms with Gasteiger partial charge in [-0.25, -0.2) is 13.1 Å². The highest BCUT2D eigenvalue weighted by molar-refractivity contribution is 7.89. The second-order valence-electron chi connectivity index (χ2n) is 4.43. The highest BCUT2D eigenvalue weighted by Gasteiger charge is 2.20. The lowest BCUT2D eigenvalue weighted by Crippen LogP contribution is -2.23. The molecule has 7 heteroatoms. The third kappa shape index (κ3) is 3.62. The lowest BCUT2D eigenvalue weighted by atomic mass is 10.2. The highest BCUT2D eigenvalue weighted by Crippen LogP contribution is 2.26. The van der Waals surface area contributed by atoms with E-state index >= 15 is 0 Å².